The molecule has 8 heteroatoms. The standard InChI is InChI=1S/C9H15N3O4S/c1-6(2)10-9(13)12-7(3)5-8(11-12)16-17(4,14)15/h5-6H,1-4H3,(H,10,13). The first-order valence-corrected chi connectivity index (χ1v) is 6.77. The van der Waals surface area contributed by atoms with Gasteiger partial charge in [-0.1, -0.05) is 0 Å². The number of carbonyl (C=O) groups is 1. The van der Waals surface area contributed by atoms with E-state index in [1.807, 2.05) is 13.8 Å². The summed E-state index contributed by atoms with van der Waals surface area (Å²) in [5.41, 5.74) is 0.488. The van der Waals surface area contributed by atoms with Crippen LogP contribution in [0.2, 0.25) is 0 Å². The van der Waals surface area contributed by atoms with E-state index in [-0.39, 0.29) is 11.9 Å². The highest BCUT2D eigenvalue weighted by Crippen LogP contribution is 2.12. The molecule has 1 N–H and O–H groups in total. The zero-order valence-corrected chi connectivity index (χ0v) is 10.9. The van der Waals surface area contributed by atoms with Gasteiger partial charge in [0.25, 0.3) is 5.88 Å². The molecule has 0 aliphatic carbocycles. The number of hydrogen-bond acceptors (Lipinski definition) is 5. The first-order chi connectivity index (χ1) is 7.69. The predicted octanol–water partition coefficient (Wildman–Crippen LogP) is 0.496. The summed E-state index contributed by atoms with van der Waals surface area (Å²) in [6.45, 7) is 5.25. The van der Waals surface area contributed by atoms with Crippen molar-refractivity contribution in [2.75, 3.05) is 6.26 Å². The lowest BCUT2D eigenvalue weighted by Crippen LogP contribution is -2.35. The topological polar surface area (TPSA) is 90.3 Å². The third-order valence-electron chi connectivity index (χ3n) is 1.71. The summed E-state index contributed by atoms with van der Waals surface area (Å²) < 4.78 is 27.4. The SMILES string of the molecule is Cc1cc(OS(C)(=O)=O)nn1C(=O)NC(C)C. The second kappa shape index (κ2) is 4.74. The Morgan fingerprint density at radius 1 is 1.53 bits per heavy atom. The fourth-order valence-electron chi connectivity index (χ4n) is 1.16. The Morgan fingerprint density at radius 2 is 2.12 bits per heavy atom. The second-order valence-electron chi connectivity index (χ2n) is 3.93. The minimum absolute atomic E-state index is 0.0367. The first kappa shape index (κ1) is 13.5. The van der Waals surface area contributed by atoms with Gasteiger partial charge in [0.2, 0.25) is 0 Å². The van der Waals surface area contributed by atoms with Crippen molar-refractivity contribution in [3.63, 3.8) is 0 Å². The van der Waals surface area contributed by atoms with E-state index in [0.717, 1.165) is 10.9 Å². The van der Waals surface area contributed by atoms with Crippen LogP contribution in [-0.2, 0) is 10.1 Å². The normalized spacial score (nSPS) is 11.6. The number of amides is 1. The number of rotatable bonds is 3. The van der Waals surface area contributed by atoms with Crippen LogP contribution < -0.4 is 9.50 Å². The third kappa shape index (κ3) is 4.06. The van der Waals surface area contributed by atoms with Crippen LogP contribution in [0.5, 0.6) is 5.88 Å². The molecule has 0 radical (unpaired) electrons. The molecule has 0 unspecified atom stereocenters. The molecule has 1 heterocycles. The maximum Gasteiger partial charge on any atom is 0.342 e. The molecule has 0 atom stereocenters. The minimum atomic E-state index is -3.64. The van der Waals surface area contributed by atoms with E-state index in [4.69, 9.17) is 0 Å². The highest BCUT2D eigenvalue weighted by molar-refractivity contribution is 7.86. The smallest absolute Gasteiger partial charge is 0.342 e. The van der Waals surface area contributed by atoms with E-state index < -0.39 is 16.1 Å². The fraction of sp³-hybridized carbons (Fsp3) is 0.556. The van der Waals surface area contributed by atoms with Gasteiger partial charge in [-0.05, 0) is 20.8 Å². The van der Waals surface area contributed by atoms with Gasteiger partial charge in [0, 0.05) is 12.1 Å². The average Bonchev–Trinajstić information content (AvgIpc) is 2.41. The molecule has 0 aromatic carbocycles. The molecule has 0 saturated carbocycles. The molecule has 0 aliphatic rings. The molecular formula is C9H15N3O4S. The zero-order valence-electron chi connectivity index (χ0n) is 10.1. The van der Waals surface area contributed by atoms with E-state index in [0.29, 0.717) is 5.69 Å². The summed E-state index contributed by atoms with van der Waals surface area (Å²) in [6, 6.07) is 0.909. The average molecular weight is 261 g/mol. The largest absolute Gasteiger partial charge is 0.360 e. The van der Waals surface area contributed by atoms with Crippen LogP contribution in [0.3, 0.4) is 0 Å². The van der Waals surface area contributed by atoms with Crippen molar-refractivity contribution in [1.82, 2.24) is 15.1 Å². The van der Waals surface area contributed by atoms with Crippen LogP contribution in [0.15, 0.2) is 6.07 Å². The molecule has 1 aromatic heterocycles. The lowest BCUT2D eigenvalue weighted by Gasteiger charge is -2.08. The highest BCUT2D eigenvalue weighted by Gasteiger charge is 2.15. The molecule has 1 rings (SSSR count). The summed E-state index contributed by atoms with van der Waals surface area (Å²) >= 11 is 0. The number of aromatic nitrogens is 2. The van der Waals surface area contributed by atoms with Gasteiger partial charge in [0.1, 0.15) is 0 Å². The van der Waals surface area contributed by atoms with Gasteiger partial charge in [0.05, 0.1) is 11.9 Å². The fourth-order valence-corrected chi connectivity index (χ4v) is 1.55. The van der Waals surface area contributed by atoms with Crippen LogP contribution in [0.1, 0.15) is 19.5 Å². The van der Waals surface area contributed by atoms with Crippen molar-refractivity contribution in [3.05, 3.63) is 11.8 Å². The molecule has 1 amide bonds. The van der Waals surface area contributed by atoms with E-state index in [2.05, 4.69) is 14.6 Å². The maximum absolute atomic E-state index is 11.6. The van der Waals surface area contributed by atoms with Gasteiger partial charge in [-0.3, -0.25) is 0 Å². The molecule has 1 aromatic rings. The monoisotopic (exact) mass is 261 g/mol. The van der Waals surface area contributed by atoms with Gasteiger partial charge in [-0.25, -0.2) is 4.79 Å². The van der Waals surface area contributed by atoms with Crippen molar-refractivity contribution < 1.29 is 17.4 Å². The summed E-state index contributed by atoms with van der Waals surface area (Å²) in [5.74, 6) is -0.121. The molecule has 0 bridgehead atoms. The van der Waals surface area contributed by atoms with Gasteiger partial charge in [0.15, 0.2) is 0 Å². The Morgan fingerprint density at radius 3 is 2.59 bits per heavy atom. The number of aryl methyl sites for hydroxylation is 1. The lowest BCUT2D eigenvalue weighted by molar-refractivity contribution is 0.236. The summed E-state index contributed by atoms with van der Waals surface area (Å²) in [5, 5.41) is 6.38. The number of hydrogen-bond donors (Lipinski definition) is 1. The quantitative estimate of drug-likeness (QED) is 0.800. The Kier molecular flexibility index (Phi) is 3.76. The van der Waals surface area contributed by atoms with E-state index in [9.17, 15) is 13.2 Å². The van der Waals surface area contributed by atoms with Crippen LogP contribution in [0.4, 0.5) is 4.79 Å². The van der Waals surface area contributed by atoms with Crippen LogP contribution in [0, 0.1) is 6.92 Å². The highest BCUT2D eigenvalue weighted by atomic mass is 32.2. The second-order valence-corrected chi connectivity index (χ2v) is 5.50. The Hall–Kier alpha value is -1.57. The Balaban J connectivity index is 2.93. The van der Waals surface area contributed by atoms with Gasteiger partial charge >= 0.3 is 16.1 Å². The van der Waals surface area contributed by atoms with Crippen molar-refractivity contribution in [1.29, 1.82) is 0 Å². The molecule has 96 valence electrons. The number of nitrogens with one attached hydrogen (secondary N) is 1. The van der Waals surface area contributed by atoms with Crippen molar-refractivity contribution in [3.8, 4) is 5.88 Å². The van der Waals surface area contributed by atoms with Crippen molar-refractivity contribution >= 4 is 16.1 Å². The minimum Gasteiger partial charge on any atom is -0.360 e. The van der Waals surface area contributed by atoms with Gasteiger partial charge in [-0.2, -0.15) is 13.1 Å². The Bertz CT molecular complexity index is 518. The zero-order chi connectivity index (χ0) is 13.2. The van der Waals surface area contributed by atoms with E-state index in [1.54, 1.807) is 6.92 Å². The van der Waals surface area contributed by atoms with Gasteiger partial charge in [-0.15, -0.1) is 5.10 Å². The first-order valence-electron chi connectivity index (χ1n) is 4.96. The lowest BCUT2D eigenvalue weighted by atomic mass is 10.4. The Labute approximate surface area is 99.9 Å². The summed E-state index contributed by atoms with van der Waals surface area (Å²) in [7, 11) is -3.64. The van der Waals surface area contributed by atoms with Crippen LogP contribution >= 0.6 is 0 Å². The molecule has 0 fully saturated rings. The van der Waals surface area contributed by atoms with E-state index >= 15 is 0 Å². The van der Waals surface area contributed by atoms with Crippen molar-refractivity contribution in [2.45, 2.75) is 26.8 Å². The van der Waals surface area contributed by atoms with Crippen LogP contribution in [-0.4, -0.2) is 36.5 Å². The third-order valence-corrected chi connectivity index (χ3v) is 2.18. The maximum atomic E-state index is 11.6. The van der Waals surface area contributed by atoms with E-state index in [1.165, 1.54) is 6.07 Å². The molecular weight excluding hydrogens is 246 g/mol. The number of carbonyl (C=O) groups excluding carboxylic acids is 1. The molecule has 0 aliphatic heterocycles. The summed E-state index contributed by atoms with van der Waals surface area (Å²) in [4.78, 5) is 11.6. The summed E-state index contributed by atoms with van der Waals surface area (Å²) in [6.07, 6.45) is 0.912. The molecule has 17 heavy (non-hydrogen) atoms. The van der Waals surface area contributed by atoms with Crippen molar-refractivity contribution in [2.24, 2.45) is 0 Å². The number of nitrogens with zero attached hydrogens (tertiary/aromatic N) is 2. The molecule has 0 saturated heterocycles. The molecule has 0 spiro atoms. The van der Waals surface area contributed by atoms with Gasteiger partial charge < -0.3 is 9.50 Å². The predicted molar refractivity (Wildman–Crippen MR) is 61.5 cm³/mol. The molecule has 7 nitrogen and oxygen atoms in total. The van der Waals surface area contributed by atoms with Crippen LogP contribution in [0.25, 0.3) is 0 Å².